The van der Waals surface area contributed by atoms with Crippen LogP contribution in [0.15, 0.2) is 53.7 Å². The minimum Gasteiger partial charge on any atom is -0.497 e. The molecule has 2 unspecified atom stereocenters. The number of para-hydroxylation sites is 1. The van der Waals surface area contributed by atoms with Gasteiger partial charge in [-0.3, -0.25) is 9.59 Å². The van der Waals surface area contributed by atoms with Crippen LogP contribution in [0.4, 0.5) is 0 Å². The molecule has 0 saturated heterocycles. The average molecular weight is 508 g/mol. The maximum absolute atomic E-state index is 13.5. The smallest absolute Gasteiger partial charge is 0.252 e. The molecule has 2 N–H and O–H groups in total. The predicted molar refractivity (Wildman–Crippen MR) is 139 cm³/mol. The molecule has 4 aromatic rings. The number of aliphatic hydroxyl groups is 1. The summed E-state index contributed by atoms with van der Waals surface area (Å²) in [5.74, 6) is 0.571. The number of benzene rings is 2. The first kappa shape index (κ1) is 25.5. The van der Waals surface area contributed by atoms with E-state index in [2.05, 4.69) is 15.5 Å². The Bertz CT molecular complexity index is 1430. The maximum atomic E-state index is 13.5. The number of nitrogens with one attached hydrogen (secondary N) is 1. The number of aromatic nitrogens is 4. The van der Waals surface area contributed by atoms with Crippen molar-refractivity contribution >= 4 is 34.4 Å². The first-order valence-electron chi connectivity index (χ1n) is 11.5. The highest BCUT2D eigenvalue weighted by Gasteiger charge is 2.27. The Morgan fingerprint density at radius 1 is 1.11 bits per heavy atom. The van der Waals surface area contributed by atoms with Gasteiger partial charge in [0, 0.05) is 41.8 Å². The average Bonchev–Trinajstić information content (AvgIpc) is 3.38. The molecule has 1 amide bonds. The second kappa shape index (κ2) is 10.5. The maximum Gasteiger partial charge on any atom is 0.252 e. The number of hydrogen-bond donors (Lipinski definition) is 2. The topological polar surface area (TPSA) is 111 Å². The van der Waals surface area contributed by atoms with Crippen molar-refractivity contribution in [1.82, 2.24) is 24.6 Å². The Hall–Kier alpha value is -3.63. The predicted octanol–water partition coefficient (Wildman–Crippen LogP) is 3.45. The van der Waals surface area contributed by atoms with Crippen LogP contribution in [0.5, 0.6) is 5.75 Å². The molecule has 0 radical (unpaired) electrons. The highest BCUT2D eigenvalue weighted by atomic mass is 32.2. The zero-order chi connectivity index (χ0) is 26.0. The second-order valence-electron chi connectivity index (χ2n) is 8.50. The summed E-state index contributed by atoms with van der Waals surface area (Å²) >= 11 is 1.29. The second-order valence-corrected chi connectivity index (χ2v) is 9.81. The monoisotopic (exact) mass is 507 g/mol. The van der Waals surface area contributed by atoms with Gasteiger partial charge < -0.3 is 24.3 Å². The molecule has 0 aliphatic rings. The van der Waals surface area contributed by atoms with Crippen LogP contribution in [0.25, 0.3) is 10.9 Å². The lowest BCUT2D eigenvalue weighted by Gasteiger charge is -2.16. The lowest BCUT2D eigenvalue weighted by Crippen LogP contribution is -2.32. The highest BCUT2D eigenvalue weighted by Crippen LogP contribution is 2.31. The van der Waals surface area contributed by atoms with E-state index in [4.69, 9.17) is 4.74 Å². The fourth-order valence-corrected chi connectivity index (χ4v) is 5.06. The summed E-state index contributed by atoms with van der Waals surface area (Å²) in [5, 5.41) is 22.2. The molecular formula is C26H29N5O4S. The van der Waals surface area contributed by atoms with Crippen molar-refractivity contribution in [2.75, 3.05) is 13.7 Å². The minimum absolute atomic E-state index is 0.00360. The molecule has 4 rings (SSSR count). The third-order valence-corrected chi connectivity index (χ3v) is 7.43. The summed E-state index contributed by atoms with van der Waals surface area (Å²) < 4.78 is 8.89. The van der Waals surface area contributed by atoms with Crippen LogP contribution in [0, 0.1) is 6.92 Å². The Kier molecular flexibility index (Phi) is 7.46. The number of aryl methyl sites for hydroxylation is 1. The van der Waals surface area contributed by atoms with Crippen LogP contribution >= 0.6 is 11.8 Å². The number of aliphatic hydroxyl groups excluding tert-OH is 1. The van der Waals surface area contributed by atoms with Crippen LogP contribution in [-0.2, 0) is 14.1 Å². The van der Waals surface area contributed by atoms with Crippen LogP contribution in [0.1, 0.15) is 45.2 Å². The van der Waals surface area contributed by atoms with E-state index in [0.29, 0.717) is 27.9 Å². The van der Waals surface area contributed by atoms with Gasteiger partial charge in [0.25, 0.3) is 5.91 Å². The Morgan fingerprint density at radius 3 is 2.58 bits per heavy atom. The SMILES string of the molecule is COc1cccc(C(=O)NC(CO)c2nnc(SC(C)C(=O)c3c(C)n(C)c4ccccc34)n2C)c1. The summed E-state index contributed by atoms with van der Waals surface area (Å²) in [6.45, 7) is 3.43. The van der Waals surface area contributed by atoms with E-state index in [1.54, 1.807) is 35.9 Å². The molecule has 0 bridgehead atoms. The quantitative estimate of drug-likeness (QED) is 0.264. The molecule has 10 heteroatoms. The van der Waals surface area contributed by atoms with E-state index in [-0.39, 0.29) is 18.3 Å². The third-order valence-electron chi connectivity index (χ3n) is 6.30. The van der Waals surface area contributed by atoms with Crippen LogP contribution in [0.2, 0.25) is 0 Å². The number of fused-ring (bicyclic) bond motifs is 1. The Labute approximate surface area is 213 Å². The summed E-state index contributed by atoms with van der Waals surface area (Å²) in [5.41, 5.74) is 3.02. The number of nitrogens with zero attached hydrogens (tertiary/aromatic N) is 4. The van der Waals surface area contributed by atoms with Crippen LogP contribution in [0.3, 0.4) is 0 Å². The van der Waals surface area contributed by atoms with Crippen molar-refractivity contribution < 1.29 is 19.4 Å². The fourth-order valence-electron chi connectivity index (χ4n) is 4.18. The molecule has 9 nitrogen and oxygen atoms in total. The first-order chi connectivity index (χ1) is 17.3. The van der Waals surface area contributed by atoms with Crippen molar-refractivity contribution in [2.45, 2.75) is 30.3 Å². The number of hydrogen-bond acceptors (Lipinski definition) is 7. The van der Waals surface area contributed by atoms with Crippen LogP contribution in [-0.4, -0.2) is 55.1 Å². The molecule has 2 atom stereocenters. The molecule has 36 heavy (non-hydrogen) atoms. The number of Topliss-reactive ketones (excluding diaryl/α,β-unsaturated/α-hetero) is 1. The van der Waals surface area contributed by atoms with Gasteiger partial charge in [-0.2, -0.15) is 0 Å². The van der Waals surface area contributed by atoms with Crippen molar-refractivity contribution in [3.8, 4) is 5.75 Å². The molecule has 0 fully saturated rings. The van der Waals surface area contributed by atoms with Crippen molar-refractivity contribution in [2.24, 2.45) is 14.1 Å². The van der Waals surface area contributed by atoms with E-state index in [0.717, 1.165) is 16.6 Å². The molecule has 2 aromatic heterocycles. The van der Waals surface area contributed by atoms with E-state index in [1.807, 2.05) is 49.7 Å². The first-order valence-corrected chi connectivity index (χ1v) is 12.3. The molecule has 188 valence electrons. The van der Waals surface area contributed by atoms with Crippen molar-refractivity contribution in [3.05, 3.63) is 71.2 Å². The molecule has 0 aliphatic carbocycles. The van der Waals surface area contributed by atoms with Crippen molar-refractivity contribution in [1.29, 1.82) is 0 Å². The number of amides is 1. The van der Waals surface area contributed by atoms with E-state index < -0.39 is 11.3 Å². The van der Waals surface area contributed by atoms with Gasteiger partial charge in [-0.25, -0.2) is 0 Å². The lowest BCUT2D eigenvalue weighted by molar-refractivity contribution is 0.0911. The number of carbonyl (C=O) groups is 2. The van der Waals surface area contributed by atoms with Gasteiger partial charge >= 0.3 is 0 Å². The number of ether oxygens (including phenoxy) is 1. The van der Waals surface area contributed by atoms with Gasteiger partial charge in [0.2, 0.25) is 0 Å². The van der Waals surface area contributed by atoms with Gasteiger partial charge in [-0.1, -0.05) is 36.0 Å². The largest absolute Gasteiger partial charge is 0.497 e. The van der Waals surface area contributed by atoms with E-state index in [1.165, 1.54) is 18.9 Å². The standard InChI is InChI=1S/C26H29N5O4S/c1-15-22(19-11-6-7-12-21(19)30(15)3)23(33)16(2)36-26-29-28-24(31(26)4)20(14-32)27-25(34)17-9-8-10-18(13-17)35-5/h6-13,16,20,32H,14H2,1-5H3,(H,27,34). The van der Waals surface area contributed by atoms with Gasteiger partial charge in [0.1, 0.15) is 11.8 Å². The zero-order valence-electron chi connectivity index (χ0n) is 20.8. The summed E-state index contributed by atoms with van der Waals surface area (Å²) in [6.07, 6.45) is 0. The molecule has 0 saturated carbocycles. The Morgan fingerprint density at radius 2 is 1.86 bits per heavy atom. The number of thioether (sulfide) groups is 1. The molecule has 2 aromatic carbocycles. The van der Waals surface area contributed by atoms with E-state index in [9.17, 15) is 14.7 Å². The number of carbonyl (C=O) groups excluding carboxylic acids is 2. The van der Waals surface area contributed by atoms with Gasteiger partial charge in [-0.05, 0) is 38.1 Å². The van der Waals surface area contributed by atoms with E-state index >= 15 is 0 Å². The summed E-state index contributed by atoms with van der Waals surface area (Å²) in [6, 6.07) is 13.8. The zero-order valence-corrected chi connectivity index (χ0v) is 21.7. The number of methoxy groups -OCH3 is 1. The molecular weight excluding hydrogens is 478 g/mol. The fraction of sp³-hybridized carbons (Fsp3) is 0.308. The van der Waals surface area contributed by atoms with Crippen LogP contribution < -0.4 is 10.1 Å². The minimum atomic E-state index is -0.776. The molecule has 0 spiro atoms. The summed E-state index contributed by atoms with van der Waals surface area (Å²) in [4.78, 5) is 26.2. The van der Waals surface area contributed by atoms with Gasteiger partial charge in [0.15, 0.2) is 16.8 Å². The Balaban J connectivity index is 1.52. The highest BCUT2D eigenvalue weighted by molar-refractivity contribution is 8.00. The van der Waals surface area contributed by atoms with Gasteiger partial charge in [0.05, 0.1) is 19.0 Å². The summed E-state index contributed by atoms with van der Waals surface area (Å²) in [7, 11) is 5.23. The number of ketones is 1. The molecule has 0 aliphatic heterocycles. The van der Waals surface area contributed by atoms with Gasteiger partial charge in [-0.15, -0.1) is 10.2 Å². The lowest BCUT2D eigenvalue weighted by atomic mass is 10.1. The number of rotatable bonds is 9. The third kappa shape index (κ3) is 4.74. The normalized spacial score (nSPS) is 12.9. The molecule has 2 heterocycles. The van der Waals surface area contributed by atoms with Crippen molar-refractivity contribution in [3.63, 3.8) is 0 Å².